The SMILES string of the molecule is CC1CC1C(=O)Nc1cccc(C(=O)N2CCN(c3ccc(Br)cn3)CC2)c1. The molecule has 1 saturated heterocycles. The number of anilines is 2. The largest absolute Gasteiger partial charge is 0.353 e. The zero-order chi connectivity index (χ0) is 19.7. The van der Waals surface area contributed by atoms with Gasteiger partial charge in [0.1, 0.15) is 5.82 Å². The Morgan fingerprint density at radius 3 is 2.54 bits per heavy atom. The molecule has 1 aromatic carbocycles. The number of hydrogen-bond acceptors (Lipinski definition) is 4. The number of aromatic nitrogens is 1. The molecule has 0 bridgehead atoms. The molecule has 1 N–H and O–H groups in total. The molecule has 2 heterocycles. The summed E-state index contributed by atoms with van der Waals surface area (Å²) in [6, 6.07) is 11.2. The first-order chi connectivity index (χ1) is 13.5. The van der Waals surface area contributed by atoms with Crippen molar-refractivity contribution in [2.24, 2.45) is 11.8 Å². The monoisotopic (exact) mass is 442 g/mol. The summed E-state index contributed by atoms with van der Waals surface area (Å²) in [6.07, 6.45) is 2.73. The van der Waals surface area contributed by atoms with E-state index in [-0.39, 0.29) is 17.7 Å². The Morgan fingerprint density at radius 1 is 1.14 bits per heavy atom. The van der Waals surface area contributed by atoms with Crippen molar-refractivity contribution >= 4 is 39.2 Å². The van der Waals surface area contributed by atoms with Crippen molar-refractivity contribution in [3.63, 3.8) is 0 Å². The molecular formula is C21H23BrN4O2. The van der Waals surface area contributed by atoms with Crippen LogP contribution in [0.5, 0.6) is 0 Å². The van der Waals surface area contributed by atoms with Crippen molar-refractivity contribution < 1.29 is 9.59 Å². The molecule has 4 rings (SSSR count). The van der Waals surface area contributed by atoms with Crippen LogP contribution in [0.25, 0.3) is 0 Å². The number of nitrogens with one attached hydrogen (secondary N) is 1. The van der Waals surface area contributed by atoms with Gasteiger partial charge < -0.3 is 15.1 Å². The molecule has 2 aliphatic rings. The maximum absolute atomic E-state index is 12.9. The minimum absolute atomic E-state index is 0.000644. The second-order valence-corrected chi connectivity index (χ2v) is 8.42. The highest BCUT2D eigenvalue weighted by molar-refractivity contribution is 9.10. The number of carbonyl (C=O) groups is 2. The van der Waals surface area contributed by atoms with Gasteiger partial charge >= 0.3 is 0 Å². The Hall–Kier alpha value is -2.41. The van der Waals surface area contributed by atoms with E-state index in [2.05, 4.69) is 38.1 Å². The Balaban J connectivity index is 1.36. The molecular weight excluding hydrogens is 420 g/mol. The lowest BCUT2D eigenvalue weighted by molar-refractivity contribution is -0.117. The molecule has 1 aliphatic carbocycles. The van der Waals surface area contributed by atoms with Crippen LogP contribution in [0.1, 0.15) is 23.7 Å². The topological polar surface area (TPSA) is 65.5 Å². The van der Waals surface area contributed by atoms with E-state index >= 15 is 0 Å². The molecule has 28 heavy (non-hydrogen) atoms. The minimum Gasteiger partial charge on any atom is -0.353 e. The van der Waals surface area contributed by atoms with Crippen molar-refractivity contribution in [1.29, 1.82) is 0 Å². The van der Waals surface area contributed by atoms with Gasteiger partial charge in [-0.25, -0.2) is 4.98 Å². The fourth-order valence-electron chi connectivity index (χ4n) is 3.53. The Morgan fingerprint density at radius 2 is 1.89 bits per heavy atom. The summed E-state index contributed by atoms with van der Waals surface area (Å²) in [6.45, 7) is 4.86. The fourth-order valence-corrected chi connectivity index (χ4v) is 3.76. The molecule has 0 spiro atoms. The van der Waals surface area contributed by atoms with Gasteiger partial charge in [-0.1, -0.05) is 13.0 Å². The smallest absolute Gasteiger partial charge is 0.254 e. The first-order valence-electron chi connectivity index (χ1n) is 9.58. The lowest BCUT2D eigenvalue weighted by Gasteiger charge is -2.35. The first-order valence-corrected chi connectivity index (χ1v) is 10.4. The zero-order valence-corrected chi connectivity index (χ0v) is 17.4. The van der Waals surface area contributed by atoms with Crippen LogP contribution >= 0.6 is 15.9 Å². The van der Waals surface area contributed by atoms with Gasteiger partial charge in [0.05, 0.1) is 0 Å². The number of piperazine rings is 1. The van der Waals surface area contributed by atoms with E-state index in [1.807, 2.05) is 29.2 Å². The third-order valence-electron chi connectivity index (χ3n) is 5.43. The summed E-state index contributed by atoms with van der Waals surface area (Å²) in [7, 11) is 0. The number of rotatable bonds is 4. The predicted molar refractivity (Wildman–Crippen MR) is 112 cm³/mol. The first kappa shape index (κ1) is 18.9. The Labute approximate surface area is 173 Å². The molecule has 2 amide bonds. The van der Waals surface area contributed by atoms with Crippen LogP contribution in [0.3, 0.4) is 0 Å². The van der Waals surface area contributed by atoms with Crippen LogP contribution < -0.4 is 10.2 Å². The standard InChI is InChI=1S/C21H23BrN4O2/c1-14-11-18(14)20(27)24-17-4-2-3-15(12-17)21(28)26-9-7-25(8-10-26)19-6-5-16(22)13-23-19/h2-6,12-14,18H,7-11H2,1H3,(H,24,27). The number of pyridine rings is 1. The Bertz CT molecular complexity index is 878. The highest BCUT2D eigenvalue weighted by Gasteiger charge is 2.39. The van der Waals surface area contributed by atoms with Crippen LogP contribution in [0.15, 0.2) is 47.1 Å². The molecule has 2 unspecified atom stereocenters. The van der Waals surface area contributed by atoms with E-state index in [0.29, 0.717) is 30.3 Å². The molecule has 2 fully saturated rings. The number of carbonyl (C=O) groups excluding carboxylic acids is 2. The predicted octanol–water partition coefficient (Wildman–Crippen LogP) is 3.40. The van der Waals surface area contributed by atoms with Crippen LogP contribution in [0.4, 0.5) is 11.5 Å². The van der Waals surface area contributed by atoms with E-state index in [0.717, 1.165) is 29.8 Å². The van der Waals surface area contributed by atoms with Crippen LogP contribution in [-0.4, -0.2) is 47.9 Å². The maximum Gasteiger partial charge on any atom is 0.254 e. The average molecular weight is 443 g/mol. The van der Waals surface area contributed by atoms with Gasteiger partial charge in [-0.3, -0.25) is 9.59 Å². The lowest BCUT2D eigenvalue weighted by Crippen LogP contribution is -2.49. The summed E-state index contributed by atoms with van der Waals surface area (Å²) >= 11 is 3.40. The lowest BCUT2D eigenvalue weighted by atomic mass is 10.1. The van der Waals surface area contributed by atoms with Gasteiger partial charge in [-0.2, -0.15) is 0 Å². The highest BCUT2D eigenvalue weighted by Crippen LogP contribution is 2.38. The molecule has 0 radical (unpaired) electrons. The maximum atomic E-state index is 12.9. The molecule has 1 saturated carbocycles. The van der Waals surface area contributed by atoms with E-state index < -0.39 is 0 Å². The molecule has 146 valence electrons. The summed E-state index contributed by atoms with van der Waals surface area (Å²) in [5, 5.41) is 2.94. The van der Waals surface area contributed by atoms with E-state index in [9.17, 15) is 9.59 Å². The van der Waals surface area contributed by atoms with Crippen LogP contribution in [0, 0.1) is 11.8 Å². The fraction of sp³-hybridized carbons (Fsp3) is 0.381. The molecule has 1 aliphatic heterocycles. The average Bonchev–Trinajstić information content (AvgIpc) is 3.45. The van der Waals surface area contributed by atoms with Crippen molar-refractivity contribution in [1.82, 2.24) is 9.88 Å². The molecule has 2 aromatic rings. The van der Waals surface area contributed by atoms with Gasteiger partial charge in [0.2, 0.25) is 5.91 Å². The molecule has 7 heteroatoms. The number of benzene rings is 1. The van der Waals surface area contributed by atoms with Crippen molar-refractivity contribution in [2.45, 2.75) is 13.3 Å². The van der Waals surface area contributed by atoms with E-state index in [4.69, 9.17) is 0 Å². The molecule has 1 aromatic heterocycles. The molecule has 6 nitrogen and oxygen atoms in total. The third kappa shape index (κ3) is 4.19. The quantitative estimate of drug-likeness (QED) is 0.787. The number of halogens is 1. The van der Waals surface area contributed by atoms with Gasteiger partial charge in [-0.15, -0.1) is 0 Å². The van der Waals surface area contributed by atoms with Crippen molar-refractivity contribution in [2.75, 3.05) is 36.4 Å². The van der Waals surface area contributed by atoms with Gasteiger partial charge in [0, 0.05) is 54.0 Å². The van der Waals surface area contributed by atoms with Gasteiger partial charge in [0.15, 0.2) is 0 Å². The Kier molecular flexibility index (Phi) is 5.35. The summed E-state index contributed by atoms with van der Waals surface area (Å²) in [5.74, 6) is 1.54. The number of hydrogen-bond donors (Lipinski definition) is 1. The zero-order valence-electron chi connectivity index (χ0n) is 15.8. The van der Waals surface area contributed by atoms with E-state index in [1.165, 1.54) is 0 Å². The normalized spacial score (nSPS) is 21.4. The minimum atomic E-state index is -0.000644. The number of amides is 2. The second-order valence-electron chi connectivity index (χ2n) is 7.50. The summed E-state index contributed by atoms with van der Waals surface area (Å²) in [4.78, 5) is 33.5. The summed E-state index contributed by atoms with van der Waals surface area (Å²) in [5.41, 5.74) is 1.30. The molecule has 2 atom stereocenters. The van der Waals surface area contributed by atoms with Crippen LogP contribution in [-0.2, 0) is 4.79 Å². The second kappa shape index (κ2) is 7.91. The van der Waals surface area contributed by atoms with Crippen LogP contribution in [0.2, 0.25) is 0 Å². The number of nitrogens with zero attached hydrogens (tertiary/aromatic N) is 3. The van der Waals surface area contributed by atoms with Crippen molar-refractivity contribution in [3.8, 4) is 0 Å². The van der Waals surface area contributed by atoms with E-state index in [1.54, 1.807) is 18.3 Å². The summed E-state index contributed by atoms with van der Waals surface area (Å²) < 4.78 is 0.952. The highest BCUT2D eigenvalue weighted by atomic mass is 79.9. The van der Waals surface area contributed by atoms with Crippen molar-refractivity contribution in [3.05, 3.63) is 52.6 Å². The van der Waals surface area contributed by atoms with Gasteiger partial charge in [0.25, 0.3) is 5.91 Å². The third-order valence-corrected chi connectivity index (χ3v) is 5.90. The van der Waals surface area contributed by atoms with Gasteiger partial charge in [-0.05, 0) is 58.6 Å².